The Morgan fingerprint density at radius 2 is 1.95 bits per heavy atom. The molecule has 20 heavy (non-hydrogen) atoms. The lowest BCUT2D eigenvalue weighted by molar-refractivity contribution is 0.191. The minimum absolute atomic E-state index is 0.314. The molecule has 0 heterocycles. The predicted molar refractivity (Wildman–Crippen MR) is 80.5 cm³/mol. The number of anilines is 1. The Morgan fingerprint density at radius 1 is 1.25 bits per heavy atom. The van der Waals surface area contributed by atoms with E-state index >= 15 is 0 Å². The zero-order valence-corrected chi connectivity index (χ0v) is 12.5. The molecule has 0 fully saturated rings. The van der Waals surface area contributed by atoms with Crippen LogP contribution in [0.4, 0.5) is 10.1 Å². The second-order valence-corrected chi connectivity index (χ2v) is 5.24. The van der Waals surface area contributed by atoms with Crippen molar-refractivity contribution in [3.63, 3.8) is 0 Å². The van der Waals surface area contributed by atoms with E-state index in [0.29, 0.717) is 12.1 Å². The molecule has 2 aromatic carbocycles. The highest BCUT2D eigenvalue weighted by atomic mass is 79.9. The van der Waals surface area contributed by atoms with Crippen LogP contribution < -0.4 is 10.1 Å². The zero-order valence-electron chi connectivity index (χ0n) is 10.9. The van der Waals surface area contributed by atoms with Gasteiger partial charge in [0.1, 0.15) is 11.6 Å². The van der Waals surface area contributed by atoms with Crippen LogP contribution in [-0.4, -0.2) is 18.8 Å². The molecule has 0 aliphatic heterocycles. The number of hydrogen-bond donors (Lipinski definition) is 2. The maximum Gasteiger partial charge on any atom is 0.123 e. The summed E-state index contributed by atoms with van der Waals surface area (Å²) in [5.41, 5.74) is 1.50. The lowest BCUT2D eigenvalue weighted by atomic mass is 10.1. The number of rotatable bonds is 5. The first-order valence-corrected chi connectivity index (χ1v) is 6.90. The van der Waals surface area contributed by atoms with E-state index in [4.69, 9.17) is 4.74 Å². The Morgan fingerprint density at radius 3 is 2.60 bits per heavy atom. The molecule has 0 spiro atoms. The fourth-order valence-electron chi connectivity index (χ4n) is 1.80. The SMILES string of the molecule is COc1cc(Br)cc(NCC(O)c2ccc(F)cc2)c1. The summed E-state index contributed by atoms with van der Waals surface area (Å²) in [6.45, 7) is 0.325. The highest BCUT2D eigenvalue weighted by Crippen LogP contribution is 2.25. The van der Waals surface area contributed by atoms with Gasteiger partial charge in [0, 0.05) is 22.8 Å². The first-order valence-electron chi connectivity index (χ1n) is 6.10. The smallest absolute Gasteiger partial charge is 0.123 e. The first-order chi connectivity index (χ1) is 9.58. The highest BCUT2D eigenvalue weighted by Gasteiger charge is 2.08. The average molecular weight is 340 g/mol. The second kappa shape index (κ2) is 6.72. The number of methoxy groups -OCH3 is 1. The van der Waals surface area contributed by atoms with Gasteiger partial charge in [-0.15, -0.1) is 0 Å². The summed E-state index contributed by atoms with van der Waals surface area (Å²) in [6.07, 6.45) is -0.708. The highest BCUT2D eigenvalue weighted by molar-refractivity contribution is 9.10. The molecule has 0 aliphatic carbocycles. The van der Waals surface area contributed by atoms with Crippen molar-refractivity contribution < 1.29 is 14.2 Å². The van der Waals surface area contributed by atoms with Crippen LogP contribution in [0.1, 0.15) is 11.7 Å². The van der Waals surface area contributed by atoms with Gasteiger partial charge < -0.3 is 15.2 Å². The minimum atomic E-state index is -0.708. The third-order valence-electron chi connectivity index (χ3n) is 2.86. The summed E-state index contributed by atoms with van der Waals surface area (Å²) in [7, 11) is 1.60. The van der Waals surface area contributed by atoms with Crippen LogP contribution in [0, 0.1) is 5.82 Å². The van der Waals surface area contributed by atoms with Crippen LogP contribution in [0.2, 0.25) is 0 Å². The van der Waals surface area contributed by atoms with E-state index in [1.165, 1.54) is 12.1 Å². The molecule has 0 radical (unpaired) electrons. The number of halogens is 2. The number of hydrogen-bond acceptors (Lipinski definition) is 3. The van der Waals surface area contributed by atoms with E-state index in [1.54, 1.807) is 19.2 Å². The molecule has 0 saturated carbocycles. The van der Waals surface area contributed by atoms with Crippen molar-refractivity contribution in [2.24, 2.45) is 0 Å². The van der Waals surface area contributed by atoms with E-state index in [0.717, 1.165) is 15.9 Å². The van der Waals surface area contributed by atoms with E-state index < -0.39 is 6.10 Å². The van der Waals surface area contributed by atoms with Crippen LogP contribution in [0.15, 0.2) is 46.9 Å². The van der Waals surface area contributed by atoms with Crippen molar-refractivity contribution in [2.45, 2.75) is 6.10 Å². The summed E-state index contributed by atoms with van der Waals surface area (Å²) >= 11 is 3.39. The molecule has 0 saturated heterocycles. The summed E-state index contributed by atoms with van der Waals surface area (Å²) in [5.74, 6) is 0.406. The van der Waals surface area contributed by atoms with E-state index in [9.17, 15) is 9.50 Å². The fourth-order valence-corrected chi connectivity index (χ4v) is 2.27. The monoisotopic (exact) mass is 339 g/mol. The molecule has 0 bridgehead atoms. The van der Waals surface area contributed by atoms with Gasteiger partial charge in [0.25, 0.3) is 0 Å². The van der Waals surface area contributed by atoms with E-state index in [2.05, 4.69) is 21.2 Å². The van der Waals surface area contributed by atoms with Crippen molar-refractivity contribution in [3.05, 3.63) is 58.3 Å². The minimum Gasteiger partial charge on any atom is -0.497 e. The van der Waals surface area contributed by atoms with Gasteiger partial charge >= 0.3 is 0 Å². The first kappa shape index (κ1) is 14.8. The topological polar surface area (TPSA) is 41.5 Å². The molecule has 5 heteroatoms. The van der Waals surface area contributed by atoms with Crippen molar-refractivity contribution in [1.82, 2.24) is 0 Å². The molecule has 1 unspecified atom stereocenters. The molecule has 0 amide bonds. The number of ether oxygens (including phenoxy) is 1. The van der Waals surface area contributed by atoms with Crippen LogP contribution in [0.25, 0.3) is 0 Å². The summed E-state index contributed by atoms with van der Waals surface area (Å²) < 4.78 is 18.9. The van der Waals surface area contributed by atoms with Crippen molar-refractivity contribution >= 4 is 21.6 Å². The molecule has 2 aromatic rings. The molecular formula is C15H15BrFNO2. The Hall–Kier alpha value is -1.59. The molecule has 2 N–H and O–H groups in total. The molecule has 1 atom stereocenters. The number of aliphatic hydroxyl groups is 1. The van der Waals surface area contributed by atoms with Gasteiger partial charge in [-0.2, -0.15) is 0 Å². The summed E-state index contributed by atoms with van der Waals surface area (Å²) in [5, 5.41) is 13.2. The van der Waals surface area contributed by atoms with Gasteiger partial charge in [-0.25, -0.2) is 4.39 Å². The van der Waals surface area contributed by atoms with Crippen LogP contribution in [0.5, 0.6) is 5.75 Å². The molecule has 106 valence electrons. The maximum atomic E-state index is 12.8. The lowest BCUT2D eigenvalue weighted by Crippen LogP contribution is -2.12. The third kappa shape index (κ3) is 3.95. The van der Waals surface area contributed by atoms with E-state index in [1.807, 2.05) is 18.2 Å². The van der Waals surface area contributed by atoms with Crippen LogP contribution in [0.3, 0.4) is 0 Å². The molecule has 0 aliphatic rings. The number of benzene rings is 2. The van der Waals surface area contributed by atoms with Gasteiger partial charge in [-0.1, -0.05) is 28.1 Å². The van der Waals surface area contributed by atoms with Crippen molar-refractivity contribution in [2.75, 3.05) is 19.0 Å². The van der Waals surface area contributed by atoms with Crippen LogP contribution in [-0.2, 0) is 0 Å². The molecule has 2 rings (SSSR count). The van der Waals surface area contributed by atoms with Crippen molar-refractivity contribution in [3.8, 4) is 5.75 Å². The Kier molecular flexibility index (Phi) is 4.98. The fraction of sp³-hybridized carbons (Fsp3) is 0.200. The average Bonchev–Trinajstić information content (AvgIpc) is 2.45. The lowest BCUT2D eigenvalue weighted by Gasteiger charge is -2.14. The third-order valence-corrected chi connectivity index (χ3v) is 3.32. The molecular weight excluding hydrogens is 325 g/mol. The van der Waals surface area contributed by atoms with Gasteiger partial charge in [0.05, 0.1) is 13.2 Å². The van der Waals surface area contributed by atoms with Gasteiger partial charge in [0.2, 0.25) is 0 Å². The molecule has 0 aromatic heterocycles. The second-order valence-electron chi connectivity index (χ2n) is 4.33. The Balaban J connectivity index is 2.01. The van der Waals surface area contributed by atoms with Gasteiger partial charge in [-0.05, 0) is 29.8 Å². The number of aliphatic hydroxyl groups excluding tert-OH is 1. The van der Waals surface area contributed by atoms with Crippen LogP contribution >= 0.6 is 15.9 Å². The Bertz CT molecular complexity index is 575. The van der Waals surface area contributed by atoms with Gasteiger partial charge in [0.15, 0.2) is 0 Å². The molecule has 3 nitrogen and oxygen atoms in total. The number of nitrogens with one attached hydrogen (secondary N) is 1. The quantitative estimate of drug-likeness (QED) is 0.871. The van der Waals surface area contributed by atoms with Crippen molar-refractivity contribution in [1.29, 1.82) is 0 Å². The summed E-state index contributed by atoms with van der Waals surface area (Å²) in [6, 6.07) is 11.4. The Labute approximate surface area is 125 Å². The zero-order chi connectivity index (χ0) is 14.5. The van der Waals surface area contributed by atoms with E-state index in [-0.39, 0.29) is 5.82 Å². The maximum absolute atomic E-state index is 12.8. The standard InChI is InChI=1S/C15H15BrFNO2/c1-20-14-7-11(16)6-13(8-14)18-9-15(19)10-2-4-12(17)5-3-10/h2-8,15,18-19H,9H2,1H3. The predicted octanol–water partition coefficient (Wildman–Crippen LogP) is 3.74. The normalized spacial score (nSPS) is 12.0. The largest absolute Gasteiger partial charge is 0.497 e. The summed E-state index contributed by atoms with van der Waals surface area (Å²) in [4.78, 5) is 0. The van der Waals surface area contributed by atoms with Gasteiger partial charge in [-0.3, -0.25) is 0 Å².